The number of aryl methyl sites for hydroxylation is 1. The van der Waals surface area contributed by atoms with Crippen LogP contribution in [0.4, 0.5) is 11.6 Å². The second kappa shape index (κ2) is 10.6. The summed E-state index contributed by atoms with van der Waals surface area (Å²) < 4.78 is 2.04. The van der Waals surface area contributed by atoms with Crippen LogP contribution in [0.2, 0.25) is 0 Å². The van der Waals surface area contributed by atoms with Crippen molar-refractivity contribution in [2.45, 2.75) is 47.1 Å². The normalized spacial score (nSPS) is 14.4. The van der Waals surface area contributed by atoms with Crippen molar-refractivity contribution in [3.63, 3.8) is 0 Å². The summed E-state index contributed by atoms with van der Waals surface area (Å²) in [4.78, 5) is 27.9. The van der Waals surface area contributed by atoms with Gasteiger partial charge >= 0.3 is 0 Å². The number of carbonyl (C=O) groups excluding carboxylic acids is 1. The van der Waals surface area contributed by atoms with Gasteiger partial charge in [-0.1, -0.05) is 19.9 Å². The van der Waals surface area contributed by atoms with Gasteiger partial charge in [-0.3, -0.25) is 9.69 Å². The third-order valence-electron chi connectivity index (χ3n) is 6.53. The molecule has 1 fully saturated rings. The van der Waals surface area contributed by atoms with Gasteiger partial charge in [0, 0.05) is 54.4 Å². The van der Waals surface area contributed by atoms with Crippen molar-refractivity contribution in [2.24, 2.45) is 0 Å². The Bertz CT molecular complexity index is 1230. The van der Waals surface area contributed by atoms with E-state index in [4.69, 9.17) is 4.98 Å². The van der Waals surface area contributed by atoms with Crippen LogP contribution in [0, 0.1) is 32.1 Å². The van der Waals surface area contributed by atoms with E-state index in [2.05, 4.69) is 46.1 Å². The molecule has 4 rings (SSSR count). The fourth-order valence-corrected chi connectivity index (χ4v) is 5.08. The summed E-state index contributed by atoms with van der Waals surface area (Å²) in [5.74, 6) is 2.60. The van der Waals surface area contributed by atoms with Crippen LogP contribution < -0.4 is 10.2 Å². The maximum Gasteiger partial charge on any atom is 0.239 e. The Labute approximate surface area is 211 Å². The average Bonchev–Trinajstić information content (AvgIpc) is 3.42. The van der Waals surface area contributed by atoms with Gasteiger partial charge in [0.2, 0.25) is 5.91 Å². The first kappa shape index (κ1) is 24.9. The Balaban J connectivity index is 1.41. The van der Waals surface area contributed by atoms with E-state index in [9.17, 15) is 10.1 Å². The summed E-state index contributed by atoms with van der Waals surface area (Å²) in [6.45, 7) is 14.2. The van der Waals surface area contributed by atoms with Gasteiger partial charge in [0.15, 0.2) is 0 Å². The molecule has 184 valence electrons. The van der Waals surface area contributed by atoms with E-state index in [1.165, 1.54) is 4.88 Å². The molecule has 4 heterocycles. The first-order valence-corrected chi connectivity index (χ1v) is 12.9. The lowest BCUT2D eigenvalue weighted by atomic mass is 10.2. The summed E-state index contributed by atoms with van der Waals surface area (Å²) >= 11 is 1.67. The lowest BCUT2D eigenvalue weighted by Gasteiger charge is -2.35. The van der Waals surface area contributed by atoms with E-state index in [1.807, 2.05) is 42.9 Å². The number of amides is 1. The number of anilines is 2. The molecule has 3 aromatic heterocycles. The van der Waals surface area contributed by atoms with Crippen LogP contribution in [0.3, 0.4) is 0 Å². The van der Waals surface area contributed by atoms with Crippen LogP contribution in [0.25, 0.3) is 0 Å². The number of nitrogens with zero attached hydrogens (tertiary/aromatic N) is 6. The van der Waals surface area contributed by atoms with E-state index >= 15 is 0 Å². The van der Waals surface area contributed by atoms with Gasteiger partial charge in [-0.2, -0.15) is 5.26 Å². The highest BCUT2D eigenvalue weighted by atomic mass is 32.1. The predicted octanol–water partition coefficient (Wildman–Crippen LogP) is 4.07. The molecule has 35 heavy (non-hydrogen) atoms. The maximum atomic E-state index is 13.0. The molecular formula is C26H33N7OS. The second-order valence-electron chi connectivity index (χ2n) is 9.40. The molecule has 0 unspecified atom stereocenters. The number of piperazine rings is 1. The van der Waals surface area contributed by atoms with Crippen LogP contribution in [0.15, 0.2) is 23.6 Å². The average molecular weight is 492 g/mol. The molecule has 8 nitrogen and oxygen atoms in total. The highest BCUT2D eigenvalue weighted by molar-refractivity contribution is 7.09. The summed E-state index contributed by atoms with van der Waals surface area (Å²) in [6, 6.07) is 8.41. The number of rotatable bonds is 7. The van der Waals surface area contributed by atoms with Crippen LogP contribution in [0.5, 0.6) is 0 Å². The predicted molar refractivity (Wildman–Crippen MR) is 140 cm³/mol. The number of hydrogen-bond acceptors (Lipinski definition) is 7. The van der Waals surface area contributed by atoms with Crippen LogP contribution in [0.1, 0.15) is 53.0 Å². The quantitative estimate of drug-likeness (QED) is 0.536. The summed E-state index contributed by atoms with van der Waals surface area (Å²) in [5.41, 5.74) is 3.43. The lowest BCUT2D eigenvalue weighted by Crippen LogP contribution is -2.49. The minimum Gasteiger partial charge on any atom is -0.354 e. The third-order valence-corrected chi connectivity index (χ3v) is 7.39. The molecule has 0 radical (unpaired) electrons. The van der Waals surface area contributed by atoms with Crippen molar-refractivity contribution in [3.05, 3.63) is 56.8 Å². The molecule has 9 heteroatoms. The zero-order valence-corrected chi connectivity index (χ0v) is 21.9. The Kier molecular flexibility index (Phi) is 7.53. The van der Waals surface area contributed by atoms with Gasteiger partial charge < -0.3 is 14.8 Å². The minimum atomic E-state index is -0.0974. The number of nitrogens with one attached hydrogen (secondary N) is 1. The van der Waals surface area contributed by atoms with Crippen molar-refractivity contribution in [3.8, 4) is 6.07 Å². The van der Waals surface area contributed by atoms with Gasteiger partial charge in [0.1, 0.15) is 23.5 Å². The highest BCUT2D eigenvalue weighted by Gasteiger charge is 2.24. The molecule has 1 N–H and O–H groups in total. The second-order valence-corrected chi connectivity index (χ2v) is 10.4. The van der Waals surface area contributed by atoms with E-state index in [-0.39, 0.29) is 11.8 Å². The highest BCUT2D eigenvalue weighted by Crippen LogP contribution is 2.28. The number of hydrogen-bond donors (Lipinski definition) is 1. The zero-order valence-electron chi connectivity index (χ0n) is 21.1. The standard InChI is InChI=1S/C26H33N7OS/c1-17(2)25-28-18(3)13-23(29-25)32-10-8-31(9-11-32)16-24(34)30-26-22(14-27)19(4)20(5)33(26)15-21-7-6-12-35-21/h6-7,12-13,17H,8-11,15-16H2,1-5H3,(H,30,34). The smallest absolute Gasteiger partial charge is 0.239 e. The fourth-order valence-electron chi connectivity index (χ4n) is 4.39. The van der Waals surface area contributed by atoms with Gasteiger partial charge in [-0.25, -0.2) is 9.97 Å². The van der Waals surface area contributed by atoms with Crippen molar-refractivity contribution < 1.29 is 4.79 Å². The number of nitriles is 1. The lowest BCUT2D eigenvalue weighted by molar-refractivity contribution is -0.117. The molecule has 1 saturated heterocycles. The minimum absolute atomic E-state index is 0.0974. The molecule has 1 amide bonds. The number of thiophene rings is 1. The molecular weight excluding hydrogens is 458 g/mol. The third kappa shape index (κ3) is 5.55. The molecule has 0 aliphatic carbocycles. The van der Waals surface area contributed by atoms with Crippen molar-refractivity contribution >= 4 is 28.9 Å². The fraction of sp³-hybridized carbons (Fsp3) is 0.462. The Morgan fingerprint density at radius 1 is 1.20 bits per heavy atom. The van der Waals surface area contributed by atoms with Gasteiger partial charge in [-0.15, -0.1) is 11.3 Å². The molecule has 0 spiro atoms. The van der Waals surface area contributed by atoms with Gasteiger partial charge in [0.05, 0.1) is 18.7 Å². The Morgan fingerprint density at radius 2 is 1.94 bits per heavy atom. The molecule has 0 atom stereocenters. The Hall–Kier alpha value is -3.22. The van der Waals surface area contributed by atoms with Gasteiger partial charge in [-0.05, 0) is 37.8 Å². The maximum absolute atomic E-state index is 13.0. The number of carbonyl (C=O) groups is 1. The molecule has 1 aliphatic heterocycles. The van der Waals surface area contributed by atoms with E-state index in [0.717, 1.165) is 54.8 Å². The summed E-state index contributed by atoms with van der Waals surface area (Å²) in [6.07, 6.45) is 0. The van der Waals surface area contributed by atoms with Crippen LogP contribution >= 0.6 is 11.3 Å². The van der Waals surface area contributed by atoms with Crippen LogP contribution in [-0.4, -0.2) is 58.1 Å². The first-order valence-electron chi connectivity index (χ1n) is 12.0. The van der Waals surface area contributed by atoms with E-state index in [0.29, 0.717) is 24.5 Å². The van der Waals surface area contributed by atoms with Crippen molar-refractivity contribution in [1.82, 2.24) is 19.4 Å². The van der Waals surface area contributed by atoms with E-state index < -0.39 is 0 Å². The summed E-state index contributed by atoms with van der Waals surface area (Å²) in [7, 11) is 0. The van der Waals surface area contributed by atoms with Gasteiger partial charge in [0.25, 0.3) is 0 Å². The first-order chi connectivity index (χ1) is 16.8. The largest absolute Gasteiger partial charge is 0.354 e. The molecule has 1 aliphatic rings. The summed E-state index contributed by atoms with van der Waals surface area (Å²) in [5, 5.41) is 14.9. The molecule has 0 saturated carbocycles. The topological polar surface area (TPSA) is 90.1 Å². The molecule has 3 aromatic rings. The SMILES string of the molecule is Cc1cc(N2CCN(CC(=O)Nc3c(C#N)c(C)c(C)n3Cc3cccs3)CC2)nc(C(C)C)n1. The molecule has 0 aromatic carbocycles. The van der Waals surface area contributed by atoms with Crippen molar-refractivity contribution in [1.29, 1.82) is 5.26 Å². The molecule has 0 bridgehead atoms. The van der Waals surface area contributed by atoms with Crippen molar-refractivity contribution in [2.75, 3.05) is 42.9 Å². The number of aromatic nitrogens is 3. The van der Waals surface area contributed by atoms with E-state index in [1.54, 1.807) is 11.3 Å². The Morgan fingerprint density at radius 3 is 2.57 bits per heavy atom. The monoisotopic (exact) mass is 491 g/mol. The zero-order chi connectivity index (χ0) is 25.1. The van der Waals surface area contributed by atoms with Crippen LogP contribution in [-0.2, 0) is 11.3 Å².